The van der Waals surface area contributed by atoms with Crippen molar-refractivity contribution in [2.75, 3.05) is 12.0 Å². The van der Waals surface area contributed by atoms with E-state index in [0.717, 1.165) is 18.0 Å². The number of imidazole rings is 1. The van der Waals surface area contributed by atoms with Crippen LogP contribution in [0.3, 0.4) is 0 Å². The van der Waals surface area contributed by atoms with E-state index in [4.69, 9.17) is 4.74 Å². The maximum atomic E-state index is 5.30. The van der Waals surface area contributed by atoms with E-state index in [9.17, 15) is 0 Å². The quantitative estimate of drug-likeness (QED) is 0.827. The van der Waals surface area contributed by atoms with Crippen LogP contribution in [0, 0.1) is 0 Å². The van der Waals surface area contributed by atoms with E-state index in [-0.39, 0.29) is 0 Å². The molecule has 0 amide bonds. The summed E-state index contributed by atoms with van der Waals surface area (Å²) in [4.78, 5) is 6.51. The van der Waals surface area contributed by atoms with Gasteiger partial charge in [0.2, 0.25) is 0 Å². The van der Waals surface area contributed by atoms with E-state index in [1.165, 1.54) is 5.69 Å². The monoisotopic (exact) mass is 259 g/mol. The highest BCUT2D eigenvalue weighted by atomic mass is 16.5. The van der Waals surface area contributed by atoms with Gasteiger partial charge in [0.25, 0.3) is 0 Å². The van der Waals surface area contributed by atoms with Gasteiger partial charge in [0.15, 0.2) is 0 Å². The topological polar surface area (TPSA) is 30.3 Å². The van der Waals surface area contributed by atoms with Crippen LogP contribution in [0.4, 0.5) is 5.69 Å². The van der Waals surface area contributed by atoms with Crippen LogP contribution in [0.25, 0.3) is 0 Å². The minimum Gasteiger partial charge on any atom is -0.497 e. The first-order chi connectivity index (χ1) is 9.11. The summed E-state index contributed by atoms with van der Waals surface area (Å²) in [5, 5.41) is 0. The zero-order valence-electron chi connectivity index (χ0n) is 12.0. The second-order valence-corrected chi connectivity index (χ2v) is 4.92. The number of rotatable bonds is 5. The van der Waals surface area contributed by atoms with Crippen LogP contribution in [0.5, 0.6) is 5.75 Å². The Bertz CT molecular complexity index is 534. The normalized spacial score (nSPS) is 10.8. The smallest absolute Gasteiger partial charge is 0.120 e. The lowest BCUT2D eigenvalue weighted by molar-refractivity contribution is 0.414. The number of methoxy groups -OCH3 is 1. The van der Waals surface area contributed by atoms with Gasteiger partial charge in [-0.15, -0.1) is 0 Å². The minimum absolute atomic E-state index is 0.405. The molecule has 0 bridgehead atoms. The average Bonchev–Trinajstić information content (AvgIpc) is 2.81. The van der Waals surface area contributed by atoms with Crippen LogP contribution < -0.4 is 9.64 Å². The van der Waals surface area contributed by atoms with E-state index in [0.29, 0.717) is 6.04 Å². The molecule has 0 N–H and O–H groups in total. The Morgan fingerprint density at radius 1 is 1.37 bits per heavy atom. The van der Waals surface area contributed by atoms with Crippen molar-refractivity contribution in [2.24, 2.45) is 7.05 Å². The molecular weight excluding hydrogens is 238 g/mol. The van der Waals surface area contributed by atoms with Gasteiger partial charge in [-0.3, -0.25) is 0 Å². The number of ether oxygens (including phenoxy) is 1. The zero-order valence-corrected chi connectivity index (χ0v) is 12.0. The van der Waals surface area contributed by atoms with Crippen LogP contribution in [0.2, 0.25) is 0 Å². The predicted molar refractivity (Wildman–Crippen MR) is 77.5 cm³/mol. The van der Waals surface area contributed by atoms with Gasteiger partial charge in [-0.05, 0) is 26.0 Å². The maximum Gasteiger partial charge on any atom is 0.120 e. The maximum absolute atomic E-state index is 5.30. The molecule has 0 aliphatic carbocycles. The molecule has 4 nitrogen and oxygen atoms in total. The third-order valence-corrected chi connectivity index (χ3v) is 3.26. The number of nitrogens with zero attached hydrogens (tertiary/aromatic N) is 3. The number of hydrogen-bond acceptors (Lipinski definition) is 3. The van der Waals surface area contributed by atoms with E-state index in [1.54, 1.807) is 7.11 Å². The molecule has 1 aromatic carbocycles. The molecule has 2 aromatic rings. The molecule has 0 aliphatic heterocycles. The van der Waals surface area contributed by atoms with Crippen LogP contribution in [0.15, 0.2) is 36.8 Å². The molecule has 1 heterocycles. The van der Waals surface area contributed by atoms with Crippen LogP contribution in [-0.4, -0.2) is 22.7 Å². The van der Waals surface area contributed by atoms with Crippen molar-refractivity contribution < 1.29 is 4.74 Å². The fourth-order valence-electron chi connectivity index (χ4n) is 2.07. The van der Waals surface area contributed by atoms with Crippen molar-refractivity contribution in [2.45, 2.75) is 26.4 Å². The molecule has 0 spiro atoms. The number of aryl methyl sites for hydroxylation is 1. The summed E-state index contributed by atoms with van der Waals surface area (Å²) in [5.74, 6) is 0.883. The Hall–Kier alpha value is -1.97. The largest absolute Gasteiger partial charge is 0.497 e. The number of aromatic nitrogens is 2. The Labute approximate surface area is 114 Å². The molecular formula is C15H21N3O. The van der Waals surface area contributed by atoms with Crippen molar-refractivity contribution in [1.29, 1.82) is 0 Å². The van der Waals surface area contributed by atoms with Crippen molar-refractivity contribution >= 4 is 5.69 Å². The van der Waals surface area contributed by atoms with Crippen molar-refractivity contribution in [3.05, 3.63) is 42.5 Å². The van der Waals surface area contributed by atoms with E-state index < -0.39 is 0 Å². The van der Waals surface area contributed by atoms with Crippen molar-refractivity contribution in [3.8, 4) is 5.75 Å². The van der Waals surface area contributed by atoms with Gasteiger partial charge in [-0.1, -0.05) is 6.07 Å². The van der Waals surface area contributed by atoms with Gasteiger partial charge in [0.1, 0.15) is 5.75 Å². The predicted octanol–water partition coefficient (Wildman–Crippen LogP) is 2.84. The van der Waals surface area contributed by atoms with Crippen LogP contribution in [-0.2, 0) is 13.6 Å². The first-order valence-corrected chi connectivity index (χ1v) is 6.47. The molecule has 0 unspecified atom stereocenters. The van der Waals surface area contributed by atoms with E-state index in [1.807, 2.05) is 31.7 Å². The lowest BCUT2D eigenvalue weighted by atomic mass is 10.2. The number of benzene rings is 1. The third kappa shape index (κ3) is 3.08. The Morgan fingerprint density at radius 2 is 2.16 bits per heavy atom. The molecule has 102 valence electrons. The fourth-order valence-corrected chi connectivity index (χ4v) is 2.07. The minimum atomic E-state index is 0.405. The van der Waals surface area contributed by atoms with Gasteiger partial charge in [0, 0.05) is 31.0 Å². The Kier molecular flexibility index (Phi) is 4.10. The third-order valence-electron chi connectivity index (χ3n) is 3.26. The summed E-state index contributed by atoms with van der Waals surface area (Å²) in [6.45, 7) is 5.22. The fraction of sp³-hybridized carbons (Fsp3) is 0.400. The Morgan fingerprint density at radius 3 is 2.74 bits per heavy atom. The molecule has 0 atom stereocenters. The lowest BCUT2D eigenvalue weighted by Gasteiger charge is -2.29. The molecule has 0 radical (unpaired) electrons. The molecule has 0 aliphatic rings. The SMILES string of the molecule is COc1cccc(N(Cc2cncn2C)C(C)C)c1. The van der Waals surface area contributed by atoms with Crippen LogP contribution in [0.1, 0.15) is 19.5 Å². The summed E-state index contributed by atoms with van der Waals surface area (Å²) in [5.41, 5.74) is 2.35. The highest BCUT2D eigenvalue weighted by Crippen LogP contribution is 2.24. The van der Waals surface area contributed by atoms with Gasteiger partial charge in [0.05, 0.1) is 25.7 Å². The molecule has 1 aromatic heterocycles. The Balaban J connectivity index is 2.27. The van der Waals surface area contributed by atoms with Crippen LogP contribution >= 0.6 is 0 Å². The summed E-state index contributed by atoms with van der Waals surface area (Å²) in [6.07, 6.45) is 3.75. The van der Waals surface area contributed by atoms with E-state index in [2.05, 4.69) is 40.4 Å². The number of hydrogen-bond donors (Lipinski definition) is 0. The summed E-state index contributed by atoms with van der Waals surface area (Å²) in [6, 6.07) is 8.57. The first kappa shape index (κ1) is 13.5. The highest BCUT2D eigenvalue weighted by molar-refractivity contribution is 5.51. The molecule has 19 heavy (non-hydrogen) atoms. The first-order valence-electron chi connectivity index (χ1n) is 6.47. The summed E-state index contributed by atoms with van der Waals surface area (Å²) < 4.78 is 7.35. The van der Waals surface area contributed by atoms with Crippen molar-refractivity contribution in [1.82, 2.24) is 9.55 Å². The molecule has 4 heteroatoms. The van der Waals surface area contributed by atoms with Gasteiger partial charge < -0.3 is 14.2 Å². The van der Waals surface area contributed by atoms with Gasteiger partial charge in [-0.25, -0.2) is 4.98 Å². The molecule has 0 fully saturated rings. The average molecular weight is 259 g/mol. The van der Waals surface area contributed by atoms with Gasteiger partial charge in [-0.2, -0.15) is 0 Å². The zero-order chi connectivity index (χ0) is 13.8. The van der Waals surface area contributed by atoms with Crippen molar-refractivity contribution in [3.63, 3.8) is 0 Å². The molecule has 2 rings (SSSR count). The second kappa shape index (κ2) is 5.78. The lowest BCUT2D eigenvalue weighted by Crippen LogP contribution is -2.30. The summed E-state index contributed by atoms with van der Waals surface area (Å²) >= 11 is 0. The van der Waals surface area contributed by atoms with E-state index >= 15 is 0 Å². The summed E-state index contributed by atoms with van der Waals surface area (Å²) in [7, 11) is 3.71. The number of anilines is 1. The standard InChI is InChI=1S/C15H21N3O/c1-12(2)18(10-14-9-16-11-17(14)3)13-6-5-7-15(8-13)19-4/h5-9,11-12H,10H2,1-4H3. The molecule has 0 saturated heterocycles. The second-order valence-electron chi connectivity index (χ2n) is 4.92. The molecule has 0 saturated carbocycles. The van der Waals surface area contributed by atoms with Gasteiger partial charge >= 0.3 is 0 Å². The highest BCUT2D eigenvalue weighted by Gasteiger charge is 2.13.